The van der Waals surface area contributed by atoms with Gasteiger partial charge in [-0.1, -0.05) is 37.3 Å². The minimum absolute atomic E-state index is 0.0675. The van der Waals surface area contributed by atoms with Gasteiger partial charge in [0.2, 0.25) is 5.91 Å². The molecule has 0 unspecified atom stereocenters. The molecule has 0 bridgehead atoms. The smallest absolute Gasteiger partial charge is 0.227 e. The summed E-state index contributed by atoms with van der Waals surface area (Å²) in [6, 6.07) is 7.84. The fraction of sp³-hybridized carbons (Fsp3) is 0.368. The lowest BCUT2D eigenvalue weighted by Gasteiger charge is -2.26. The number of benzene rings is 1. The summed E-state index contributed by atoms with van der Waals surface area (Å²) in [5, 5.41) is 3.36. The molecule has 6 nitrogen and oxygen atoms in total. The van der Waals surface area contributed by atoms with Crippen molar-refractivity contribution in [2.24, 2.45) is 5.41 Å². The fourth-order valence-electron chi connectivity index (χ4n) is 3.37. The third-order valence-corrected chi connectivity index (χ3v) is 5.64. The normalized spacial score (nSPS) is 15.8. The van der Waals surface area contributed by atoms with Gasteiger partial charge in [-0.15, -0.1) is 0 Å². The molecule has 7 heteroatoms. The second kappa shape index (κ2) is 6.32. The van der Waals surface area contributed by atoms with E-state index in [1.807, 2.05) is 28.8 Å². The number of para-hydroxylation sites is 2. The van der Waals surface area contributed by atoms with Crippen molar-refractivity contribution >= 4 is 39.2 Å². The first-order valence-electron chi connectivity index (χ1n) is 8.64. The van der Waals surface area contributed by atoms with E-state index in [4.69, 9.17) is 0 Å². The molecule has 1 aliphatic rings. The molecule has 1 amide bonds. The Morgan fingerprint density at radius 1 is 1.31 bits per heavy atom. The summed E-state index contributed by atoms with van der Waals surface area (Å²) in [6.45, 7) is 4.69. The lowest BCUT2D eigenvalue weighted by Crippen LogP contribution is -2.26. The van der Waals surface area contributed by atoms with Gasteiger partial charge >= 0.3 is 0 Å². The Morgan fingerprint density at radius 2 is 2.12 bits per heavy atom. The Bertz CT molecular complexity index is 1000. The summed E-state index contributed by atoms with van der Waals surface area (Å²) in [7, 11) is 0. The second-order valence-corrected chi connectivity index (χ2v) is 8.46. The number of hydrogen-bond donors (Lipinski definition) is 1. The highest BCUT2D eigenvalue weighted by Gasteiger charge is 2.34. The van der Waals surface area contributed by atoms with Crippen LogP contribution in [0.15, 0.2) is 30.6 Å². The summed E-state index contributed by atoms with van der Waals surface area (Å²) in [6.07, 6.45) is 3.37. The number of aromatic nitrogens is 3. The monoisotopic (exact) mass is 368 g/mol. The van der Waals surface area contributed by atoms with E-state index in [2.05, 4.69) is 29.1 Å². The topological polar surface area (TPSA) is 76.9 Å². The number of amides is 1. The number of hydrogen-bond acceptors (Lipinski definition) is 5. The number of anilines is 1. The zero-order chi connectivity index (χ0) is 18.3. The molecule has 0 radical (unpaired) electrons. The average Bonchev–Trinajstić information content (AvgIpc) is 3.15. The van der Waals surface area contributed by atoms with Crippen LogP contribution in [-0.4, -0.2) is 26.2 Å². The molecule has 26 heavy (non-hydrogen) atoms. The number of carbonyl (C=O) groups excluding carboxylic acids is 2. The summed E-state index contributed by atoms with van der Waals surface area (Å²) in [4.78, 5) is 34.1. The van der Waals surface area contributed by atoms with Crippen molar-refractivity contribution in [3.8, 4) is 0 Å². The minimum atomic E-state index is -0.111. The molecule has 0 fully saturated rings. The van der Waals surface area contributed by atoms with Gasteiger partial charge in [0.1, 0.15) is 0 Å². The van der Waals surface area contributed by atoms with E-state index in [-0.39, 0.29) is 17.1 Å². The number of nitrogens with one attached hydrogen (secondary N) is 1. The van der Waals surface area contributed by atoms with E-state index in [0.29, 0.717) is 29.4 Å². The van der Waals surface area contributed by atoms with Gasteiger partial charge in [0.15, 0.2) is 10.9 Å². The Balaban J connectivity index is 1.42. The Hall–Kier alpha value is -2.54. The van der Waals surface area contributed by atoms with Gasteiger partial charge in [-0.2, -0.15) is 0 Å². The van der Waals surface area contributed by atoms with E-state index in [1.165, 1.54) is 11.3 Å². The third kappa shape index (κ3) is 3.26. The molecule has 0 aliphatic heterocycles. The van der Waals surface area contributed by atoms with Gasteiger partial charge in [-0.3, -0.25) is 9.59 Å². The van der Waals surface area contributed by atoms with Crippen molar-refractivity contribution in [2.75, 3.05) is 5.32 Å². The van der Waals surface area contributed by atoms with Gasteiger partial charge in [0, 0.05) is 19.4 Å². The Labute approximate surface area is 155 Å². The summed E-state index contributed by atoms with van der Waals surface area (Å²) in [5.41, 5.74) is 2.67. The van der Waals surface area contributed by atoms with Crippen LogP contribution in [0.25, 0.3) is 11.0 Å². The first-order chi connectivity index (χ1) is 12.4. The number of nitrogens with zero attached hydrogens (tertiary/aromatic N) is 3. The van der Waals surface area contributed by atoms with E-state index in [0.717, 1.165) is 23.1 Å². The third-order valence-electron chi connectivity index (χ3n) is 4.59. The number of Topliss-reactive ketones (excluding diaryl/α,β-unsaturated/α-hetero) is 1. The van der Waals surface area contributed by atoms with Crippen LogP contribution in [0, 0.1) is 5.41 Å². The van der Waals surface area contributed by atoms with Gasteiger partial charge in [-0.25, -0.2) is 9.97 Å². The molecular formula is C19H20N4O2S. The van der Waals surface area contributed by atoms with Gasteiger partial charge in [-0.05, 0) is 24.0 Å². The number of rotatable bonds is 4. The zero-order valence-electron chi connectivity index (χ0n) is 14.8. The van der Waals surface area contributed by atoms with Crippen molar-refractivity contribution in [3.05, 3.63) is 41.2 Å². The van der Waals surface area contributed by atoms with Gasteiger partial charge in [0.25, 0.3) is 0 Å². The highest BCUT2D eigenvalue weighted by atomic mass is 32.1. The molecule has 1 N–H and O–H groups in total. The highest BCUT2D eigenvalue weighted by molar-refractivity contribution is 7.17. The maximum atomic E-state index is 12.3. The largest absolute Gasteiger partial charge is 0.330 e. The number of ketones is 1. The number of imidazole rings is 1. The highest BCUT2D eigenvalue weighted by Crippen LogP contribution is 2.38. The molecule has 3 aromatic rings. The van der Waals surface area contributed by atoms with Crippen LogP contribution in [0.4, 0.5) is 5.13 Å². The van der Waals surface area contributed by atoms with Crippen LogP contribution < -0.4 is 5.32 Å². The van der Waals surface area contributed by atoms with E-state index >= 15 is 0 Å². The average molecular weight is 368 g/mol. The number of fused-ring (bicyclic) bond motifs is 2. The van der Waals surface area contributed by atoms with Crippen LogP contribution in [0.1, 0.15) is 42.1 Å². The molecule has 0 saturated heterocycles. The first-order valence-corrected chi connectivity index (χ1v) is 9.46. The summed E-state index contributed by atoms with van der Waals surface area (Å²) in [5.74, 6) is 0.0136. The van der Waals surface area contributed by atoms with Crippen LogP contribution >= 0.6 is 11.3 Å². The van der Waals surface area contributed by atoms with Crippen LogP contribution in [0.2, 0.25) is 0 Å². The lowest BCUT2D eigenvalue weighted by atomic mass is 9.78. The van der Waals surface area contributed by atoms with E-state index in [9.17, 15) is 9.59 Å². The first kappa shape index (κ1) is 16.9. The minimum Gasteiger partial charge on any atom is -0.330 e. The maximum absolute atomic E-state index is 12.3. The maximum Gasteiger partial charge on any atom is 0.227 e. The number of carbonyl (C=O) groups is 2. The molecule has 134 valence electrons. The molecule has 0 saturated carbocycles. The molecule has 4 rings (SSSR count). The summed E-state index contributed by atoms with van der Waals surface area (Å²) >= 11 is 1.29. The zero-order valence-corrected chi connectivity index (χ0v) is 15.6. The van der Waals surface area contributed by atoms with Crippen molar-refractivity contribution in [3.63, 3.8) is 0 Å². The molecule has 0 spiro atoms. The van der Waals surface area contributed by atoms with E-state index in [1.54, 1.807) is 6.33 Å². The van der Waals surface area contributed by atoms with Crippen molar-refractivity contribution < 1.29 is 9.59 Å². The lowest BCUT2D eigenvalue weighted by molar-refractivity contribution is -0.116. The Morgan fingerprint density at radius 3 is 2.96 bits per heavy atom. The molecule has 2 aromatic heterocycles. The van der Waals surface area contributed by atoms with Gasteiger partial charge in [0.05, 0.1) is 27.9 Å². The van der Waals surface area contributed by atoms with Crippen LogP contribution in [0.5, 0.6) is 0 Å². The second-order valence-electron chi connectivity index (χ2n) is 7.46. The molecule has 0 atom stereocenters. The predicted octanol–water partition coefficient (Wildman–Crippen LogP) is 3.68. The molecule has 2 heterocycles. The molecule has 1 aliphatic carbocycles. The van der Waals surface area contributed by atoms with Crippen molar-refractivity contribution in [2.45, 2.75) is 39.7 Å². The quantitative estimate of drug-likeness (QED) is 0.762. The molecule has 1 aromatic carbocycles. The summed E-state index contributed by atoms with van der Waals surface area (Å²) < 4.78 is 1.97. The standard InChI is InChI=1S/C19H20N4O2S/c1-19(2)9-13-17(15(24)10-19)26-18(21-13)22-16(25)7-8-23-11-20-12-5-3-4-6-14(12)23/h3-6,11H,7-10H2,1-2H3,(H,21,22,25). The predicted molar refractivity (Wildman–Crippen MR) is 102 cm³/mol. The van der Waals surface area contributed by atoms with Crippen molar-refractivity contribution in [1.82, 2.24) is 14.5 Å². The van der Waals surface area contributed by atoms with E-state index < -0.39 is 0 Å². The molecular weight excluding hydrogens is 348 g/mol. The SMILES string of the molecule is CC1(C)CC(=O)c2sc(NC(=O)CCn3cnc4ccccc43)nc2C1. The van der Waals surface area contributed by atoms with Crippen LogP contribution in [0.3, 0.4) is 0 Å². The Kier molecular flexibility index (Phi) is 4.11. The van der Waals surface area contributed by atoms with Crippen LogP contribution in [-0.2, 0) is 17.8 Å². The number of aryl methyl sites for hydroxylation is 1. The number of thiazole rings is 1. The fourth-order valence-corrected chi connectivity index (χ4v) is 4.30. The van der Waals surface area contributed by atoms with Gasteiger partial charge < -0.3 is 9.88 Å². The van der Waals surface area contributed by atoms with Crippen molar-refractivity contribution in [1.29, 1.82) is 0 Å².